The smallest absolute Gasteiger partial charge is 0.0963 e. The molecule has 0 aliphatic rings. The largest absolute Gasteiger partial charge is 0.387 e. The molecule has 0 aliphatic heterocycles. The van der Waals surface area contributed by atoms with Crippen molar-refractivity contribution in [3.8, 4) is 0 Å². The van der Waals surface area contributed by atoms with E-state index in [9.17, 15) is 0 Å². The molecule has 0 spiro atoms. The Balaban J connectivity index is 2.36. The predicted molar refractivity (Wildman–Crippen MR) is 62.2 cm³/mol. The third-order valence-electron chi connectivity index (χ3n) is 2.52. The summed E-state index contributed by atoms with van der Waals surface area (Å²) in [7, 11) is 0. The summed E-state index contributed by atoms with van der Waals surface area (Å²) < 4.78 is 1.80. The summed E-state index contributed by atoms with van der Waals surface area (Å²) in [5.74, 6) is 0.237. The van der Waals surface area contributed by atoms with Gasteiger partial charge in [-0.15, -0.1) is 0 Å². The molecule has 3 N–H and O–H groups in total. The molecule has 0 bridgehead atoms. The maximum atomic E-state index is 7.42. The van der Waals surface area contributed by atoms with Gasteiger partial charge in [-0.3, -0.25) is 10.1 Å². The summed E-state index contributed by atoms with van der Waals surface area (Å²) in [5.41, 5.74) is 5.27. The predicted octanol–water partition coefficient (Wildman–Crippen LogP) is 2.28. The average Bonchev–Trinajstić information content (AvgIpc) is 2.51. The monoisotopic (exact) mass is 228 g/mol. The number of hydrogen-bond donors (Lipinski definition) is 2. The van der Waals surface area contributed by atoms with Crippen LogP contribution < -0.4 is 5.73 Å². The molecule has 15 heavy (non-hydrogen) atoms. The lowest BCUT2D eigenvalue weighted by atomic mass is 9.87. The lowest BCUT2D eigenvalue weighted by Gasteiger charge is -2.22. The number of nitrogens with zero attached hydrogens (tertiary/aromatic N) is 2. The highest BCUT2D eigenvalue weighted by atomic mass is 35.5. The number of aryl methyl sites for hydroxylation is 1. The van der Waals surface area contributed by atoms with E-state index in [4.69, 9.17) is 22.7 Å². The fourth-order valence-corrected chi connectivity index (χ4v) is 1.43. The van der Waals surface area contributed by atoms with E-state index in [-0.39, 0.29) is 11.3 Å². The van der Waals surface area contributed by atoms with E-state index < -0.39 is 0 Å². The third kappa shape index (κ3) is 3.55. The number of nitrogens with two attached hydrogens (primary N) is 1. The summed E-state index contributed by atoms with van der Waals surface area (Å²) in [6, 6.07) is 0. The SMILES string of the molecule is CC(C)(CCCn1cc(Cl)cn1)C(=N)N. The zero-order valence-electron chi connectivity index (χ0n) is 9.13. The Hall–Kier alpha value is -1.03. The van der Waals surface area contributed by atoms with Crippen molar-refractivity contribution >= 4 is 17.4 Å². The van der Waals surface area contributed by atoms with Crippen LogP contribution in [0.3, 0.4) is 0 Å². The number of nitrogens with one attached hydrogen (secondary N) is 1. The lowest BCUT2D eigenvalue weighted by molar-refractivity contribution is 0.419. The van der Waals surface area contributed by atoms with Gasteiger partial charge in [0.1, 0.15) is 0 Å². The summed E-state index contributed by atoms with van der Waals surface area (Å²) in [6.07, 6.45) is 5.23. The molecular weight excluding hydrogens is 212 g/mol. The van der Waals surface area contributed by atoms with Crippen molar-refractivity contribution in [2.24, 2.45) is 11.1 Å². The van der Waals surface area contributed by atoms with Crippen molar-refractivity contribution < 1.29 is 0 Å². The first-order chi connectivity index (χ1) is 6.92. The highest BCUT2D eigenvalue weighted by Gasteiger charge is 2.20. The third-order valence-corrected chi connectivity index (χ3v) is 2.72. The summed E-state index contributed by atoms with van der Waals surface area (Å²) in [4.78, 5) is 0. The van der Waals surface area contributed by atoms with Gasteiger partial charge in [-0.25, -0.2) is 0 Å². The molecule has 1 heterocycles. The summed E-state index contributed by atoms with van der Waals surface area (Å²) in [5, 5.41) is 12.2. The van der Waals surface area contributed by atoms with Crippen LogP contribution in [0.25, 0.3) is 0 Å². The topological polar surface area (TPSA) is 67.7 Å². The van der Waals surface area contributed by atoms with E-state index in [0.29, 0.717) is 5.02 Å². The Kier molecular flexibility index (Phi) is 3.74. The molecular formula is C10H17ClN4. The van der Waals surface area contributed by atoms with Crippen LogP contribution in [0.5, 0.6) is 0 Å². The molecule has 1 aromatic heterocycles. The Labute approximate surface area is 94.9 Å². The van der Waals surface area contributed by atoms with E-state index in [0.717, 1.165) is 19.4 Å². The summed E-state index contributed by atoms with van der Waals surface area (Å²) in [6.45, 7) is 4.76. The number of hydrogen-bond acceptors (Lipinski definition) is 2. The van der Waals surface area contributed by atoms with Crippen LogP contribution in [0.1, 0.15) is 26.7 Å². The van der Waals surface area contributed by atoms with Gasteiger partial charge in [-0.2, -0.15) is 5.10 Å². The highest BCUT2D eigenvalue weighted by Crippen LogP contribution is 2.22. The van der Waals surface area contributed by atoms with Crippen LogP contribution in [0.4, 0.5) is 0 Å². The highest BCUT2D eigenvalue weighted by molar-refractivity contribution is 6.30. The van der Waals surface area contributed by atoms with Crippen LogP contribution in [0, 0.1) is 10.8 Å². The number of aromatic nitrogens is 2. The molecule has 84 valence electrons. The molecule has 4 nitrogen and oxygen atoms in total. The average molecular weight is 229 g/mol. The Morgan fingerprint density at radius 2 is 2.33 bits per heavy atom. The molecule has 0 fully saturated rings. The van der Waals surface area contributed by atoms with Gasteiger partial charge in [0.15, 0.2) is 0 Å². The number of rotatable bonds is 5. The molecule has 0 amide bonds. The fourth-order valence-electron chi connectivity index (χ4n) is 1.28. The number of halogens is 1. The van der Waals surface area contributed by atoms with Gasteiger partial charge in [0.2, 0.25) is 0 Å². The van der Waals surface area contributed by atoms with Gasteiger partial charge in [0.05, 0.1) is 17.1 Å². The molecule has 1 rings (SSSR count). The standard InChI is InChI=1S/C10H17ClN4/c1-10(2,9(12)13)4-3-5-15-7-8(11)6-14-15/h6-7H,3-5H2,1-2H3,(H3,12,13). The molecule has 0 radical (unpaired) electrons. The van der Waals surface area contributed by atoms with Gasteiger partial charge in [0.25, 0.3) is 0 Å². The molecule has 1 aromatic rings. The first kappa shape index (κ1) is 12.0. The van der Waals surface area contributed by atoms with E-state index in [1.54, 1.807) is 17.1 Å². The van der Waals surface area contributed by atoms with Crippen molar-refractivity contribution in [2.45, 2.75) is 33.2 Å². The van der Waals surface area contributed by atoms with Crippen molar-refractivity contribution in [2.75, 3.05) is 0 Å². The second-order valence-corrected chi connectivity index (χ2v) is 4.76. The van der Waals surface area contributed by atoms with Crippen LogP contribution >= 0.6 is 11.6 Å². The molecule has 0 aliphatic carbocycles. The minimum atomic E-state index is -0.225. The van der Waals surface area contributed by atoms with E-state index in [1.807, 2.05) is 13.8 Å². The zero-order chi connectivity index (χ0) is 11.5. The quantitative estimate of drug-likeness (QED) is 0.600. The van der Waals surface area contributed by atoms with E-state index in [1.165, 1.54) is 0 Å². The van der Waals surface area contributed by atoms with Crippen molar-refractivity contribution in [3.05, 3.63) is 17.4 Å². The maximum absolute atomic E-state index is 7.42. The Bertz CT molecular complexity index is 343. The zero-order valence-corrected chi connectivity index (χ0v) is 9.88. The van der Waals surface area contributed by atoms with Crippen LogP contribution in [-0.2, 0) is 6.54 Å². The van der Waals surface area contributed by atoms with Crippen molar-refractivity contribution in [3.63, 3.8) is 0 Å². The van der Waals surface area contributed by atoms with Crippen LogP contribution in [0.15, 0.2) is 12.4 Å². The molecule has 5 heteroatoms. The van der Waals surface area contributed by atoms with Crippen molar-refractivity contribution in [1.29, 1.82) is 5.41 Å². The minimum Gasteiger partial charge on any atom is -0.387 e. The lowest BCUT2D eigenvalue weighted by Crippen LogP contribution is -2.30. The van der Waals surface area contributed by atoms with Gasteiger partial charge >= 0.3 is 0 Å². The first-order valence-electron chi connectivity index (χ1n) is 4.94. The molecule has 0 unspecified atom stereocenters. The fraction of sp³-hybridized carbons (Fsp3) is 0.600. The van der Waals surface area contributed by atoms with Gasteiger partial charge < -0.3 is 5.73 Å². The number of amidine groups is 1. The van der Waals surface area contributed by atoms with Gasteiger partial charge in [-0.05, 0) is 12.8 Å². The molecule has 0 saturated carbocycles. The Morgan fingerprint density at radius 1 is 1.67 bits per heavy atom. The Morgan fingerprint density at radius 3 is 2.80 bits per heavy atom. The first-order valence-corrected chi connectivity index (χ1v) is 5.32. The normalized spacial score (nSPS) is 11.7. The van der Waals surface area contributed by atoms with Gasteiger partial charge in [0, 0.05) is 18.2 Å². The van der Waals surface area contributed by atoms with E-state index in [2.05, 4.69) is 5.10 Å². The second-order valence-electron chi connectivity index (χ2n) is 4.32. The minimum absolute atomic E-state index is 0.225. The second kappa shape index (κ2) is 4.66. The summed E-state index contributed by atoms with van der Waals surface area (Å²) >= 11 is 5.74. The van der Waals surface area contributed by atoms with Crippen LogP contribution in [0.2, 0.25) is 5.02 Å². The van der Waals surface area contributed by atoms with Crippen molar-refractivity contribution in [1.82, 2.24) is 9.78 Å². The van der Waals surface area contributed by atoms with E-state index >= 15 is 0 Å². The molecule has 0 atom stereocenters. The molecule has 0 saturated heterocycles. The van der Waals surface area contributed by atoms with Crippen LogP contribution in [-0.4, -0.2) is 15.6 Å². The molecule has 0 aromatic carbocycles. The maximum Gasteiger partial charge on any atom is 0.0963 e. The van der Waals surface area contributed by atoms with Gasteiger partial charge in [-0.1, -0.05) is 25.4 Å².